The van der Waals surface area contributed by atoms with Crippen LogP contribution < -0.4 is 5.73 Å². The molecule has 1 saturated heterocycles. The van der Waals surface area contributed by atoms with Crippen molar-refractivity contribution in [1.82, 2.24) is 0 Å². The van der Waals surface area contributed by atoms with Crippen LogP contribution in [0.15, 0.2) is 0 Å². The van der Waals surface area contributed by atoms with Gasteiger partial charge in [0.25, 0.3) is 0 Å². The summed E-state index contributed by atoms with van der Waals surface area (Å²) in [5, 5.41) is 0. The lowest BCUT2D eigenvalue weighted by atomic mass is 10.1. The molecule has 0 aromatic rings. The van der Waals surface area contributed by atoms with Gasteiger partial charge in [-0.25, -0.2) is 0 Å². The Morgan fingerprint density at radius 1 is 1.80 bits per heavy atom. The molecule has 3 heteroatoms. The number of rotatable bonds is 3. The molecule has 3 nitrogen and oxygen atoms in total. The number of nitrogens with two attached hydrogens (primary N) is 1. The summed E-state index contributed by atoms with van der Waals surface area (Å²) in [6.07, 6.45) is 2.46. The van der Waals surface area contributed by atoms with Crippen molar-refractivity contribution in [1.29, 1.82) is 0 Å². The minimum atomic E-state index is 0.0625. The standard InChI is InChI=1S/C7H15NO2/c1-9-5-6(8)7-3-2-4-10-7/h6-7H,2-5,8H2,1H3/t6-,7+/m1/s1. The Labute approximate surface area is 61.5 Å². The van der Waals surface area contributed by atoms with Crippen LogP contribution >= 0.6 is 0 Å². The lowest BCUT2D eigenvalue weighted by molar-refractivity contribution is 0.0572. The lowest BCUT2D eigenvalue weighted by Crippen LogP contribution is -2.37. The first kappa shape index (κ1) is 7.98. The van der Waals surface area contributed by atoms with Crippen molar-refractivity contribution < 1.29 is 9.47 Å². The molecule has 0 saturated carbocycles. The third-order valence-electron chi connectivity index (χ3n) is 1.80. The van der Waals surface area contributed by atoms with Crippen molar-refractivity contribution in [3.63, 3.8) is 0 Å². The Balaban J connectivity index is 2.18. The molecule has 2 N–H and O–H groups in total. The molecule has 1 aliphatic heterocycles. The van der Waals surface area contributed by atoms with Crippen LogP contribution in [0.25, 0.3) is 0 Å². The van der Waals surface area contributed by atoms with Crippen LogP contribution in [0.1, 0.15) is 12.8 Å². The van der Waals surface area contributed by atoms with Crippen molar-refractivity contribution in [2.75, 3.05) is 20.3 Å². The highest BCUT2D eigenvalue weighted by Gasteiger charge is 2.22. The van der Waals surface area contributed by atoms with Crippen LogP contribution in [0.3, 0.4) is 0 Å². The molecule has 0 aliphatic carbocycles. The van der Waals surface area contributed by atoms with Crippen molar-refractivity contribution in [3.8, 4) is 0 Å². The normalized spacial score (nSPS) is 28.8. The lowest BCUT2D eigenvalue weighted by Gasteiger charge is -2.16. The maximum Gasteiger partial charge on any atom is 0.0749 e. The summed E-state index contributed by atoms with van der Waals surface area (Å²) in [7, 11) is 1.66. The molecule has 2 atom stereocenters. The zero-order valence-electron chi connectivity index (χ0n) is 6.38. The first-order valence-electron chi connectivity index (χ1n) is 3.70. The topological polar surface area (TPSA) is 44.5 Å². The molecule has 1 fully saturated rings. The van der Waals surface area contributed by atoms with Crippen LogP contribution in [-0.4, -0.2) is 32.5 Å². The van der Waals surface area contributed by atoms with Gasteiger partial charge in [0, 0.05) is 13.7 Å². The van der Waals surface area contributed by atoms with E-state index in [9.17, 15) is 0 Å². The summed E-state index contributed by atoms with van der Waals surface area (Å²) < 4.78 is 10.3. The fourth-order valence-electron chi connectivity index (χ4n) is 1.24. The highest BCUT2D eigenvalue weighted by atomic mass is 16.5. The summed E-state index contributed by atoms with van der Waals surface area (Å²) >= 11 is 0. The highest BCUT2D eigenvalue weighted by Crippen LogP contribution is 2.14. The first-order valence-corrected chi connectivity index (χ1v) is 3.70. The Morgan fingerprint density at radius 2 is 2.60 bits per heavy atom. The zero-order chi connectivity index (χ0) is 7.40. The van der Waals surface area contributed by atoms with Gasteiger partial charge in [0.2, 0.25) is 0 Å². The number of methoxy groups -OCH3 is 1. The fourth-order valence-corrected chi connectivity index (χ4v) is 1.24. The second-order valence-electron chi connectivity index (χ2n) is 2.67. The average Bonchev–Trinajstić information content (AvgIpc) is 2.38. The zero-order valence-corrected chi connectivity index (χ0v) is 6.38. The van der Waals surface area contributed by atoms with Crippen molar-refractivity contribution in [2.24, 2.45) is 5.73 Å². The van der Waals surface area contributed by atoms with Gasteiger partial charge in [-0.3, -0.25) is 0 Å². The maximum atomic E-state index is 5.74. The Hall–Kier alpha value is -0.120. The Bertz CT molecular complexity index is 91.6. The smallest absolute Gasteiger partial charge is 0.0749 e. The summed E-state index contributed by atoms with van der Waals surface area (Å²) in [4.78, 5) is 0. The molecule has 1 rings (SSSR count). The number of hydrogen-bond donors (Lipinski definition) is 1. The average molecular weight is 145 g/mol. The summed E-state index contributed by atoms with van der Waals surface area (Å²) in [5.41, 5.74) is 5.74. The van der Waals surface area contributed by atoms with Gasteiger partial charge in [-0.1, -0.05) is 0 Å². The second-order valence-corrected chi connectivity index (χ2v) is 2.67. The summed E-state index contributed by atoms with van der Waals surface area (Å²) in [5.74, 6) is 0. The third kappa shape index (κ3) is 1.94. The number of hydrogen-bond acceptors (Lipinski definition) is 3. The van der Waals surface area contributed by atoms with Crippen molar-refractivity contribution >= 4 is 0 Å². The third-order valence-corrected chi connectivity index (χ3v) is 1.80. The monoisotopic (exact) mass is 145 g/mol. The molecule has 0 aromatic carbocycles. The predicted molar refractivity (Wildman–Crippen MR) is 38.8 cm³/mol. The predicted octanol–water partition coefficient (Wildman–Crippen LogP) is 0.139. The van der Waals surface area contributed by atoms with Crippen LogP contribution in [0.2, 0.25) is 0 Å². The van der Waals surface area contributed by atoms with Gasteiger partial charge in [-0.05, 0) is 12.8 Å². The van der Waals surface area contributed by atoms with E-state index in [-0.39, 0.29) is 12.1 Å². The van der Waals surface area contributed by atoms with E-state index in [1.54, 1.807) is 7.11 Å². The summed E-state index contributed by atoms with van der Waals surface area (Å²) in [6, 6.07) is 0.0625. The molecule has 1 heterocycles. The van der Waals surface area contributed by atoms with Gasteiger partial charge in [-0.2, -0.15) is 0 Å². The largest absolute Gasteiger partial charge is 0.383 e. The van der Waals surface area contributed by atoms with Gasteiger partial charge in [0.05, 0.1) is 18.8 Å². The van der Waals surface area contributed by atoms with E-state index in [2.05, 4.69) is 0 Å². The van der Waals surface area contributed by atoms with E-state index < -0.39 is 0 Å². The van der Waals surface area contributed by atoms with E-state index in [4.69, 9.17) is 15.2 Å². The number of ether oxygens (including phenoxy) is 2. The Morgan fingerprint density at radius 3 is 3.10 bits per heavy atom. The fraction of sp³-hybridized carbons (Fsp3) is 1.00. The van der Waals surface area contributed by atoms with E-state index in [1.807, 2.05) is 0 Å². The van der Waals surface area contributed by atoms with E-state index in [0.717, 1.165) is 19.4 Å². The minimum Gasteiger partial charge on any atom is -0.383 e. The molecule has 0 amide bonds. The molecular formula is C7H15NO2. The van der Waals surface area contributed by atoms with Gasteiger partial charge in [-0.15, -0.1) is 0 Å². The molecule has 0 unspecified atom stereocenters. The first-order chi connectivity index (χ1) is 4.84. The quantitative estimate of drug-likeness (QED) is 0.614. The van der Waals surface area contributed by atoms with Crippen LogP contribution in [0, 0.1) is 0 Å². The van der Waals surface area contributed by atoms with Gasteiger partial charge < -0.3 is 15.2 Å². The molecule has 10 heavy (non-hydrogen) atoms. The van der Waals surface area contributed by atoms with Crippen molar-refractivity contribution in [3.05, 3.63) is 0 Å². The second kappa shape index (κ2) is 3.91. The molecule has 0 aromatic heterocycles. The molecule has 0 bridgehead atoms. The maximum absolute atomic E-state index is 5.74. The molecule has 0 radical (unpaired) electrons. The highest BCUT2D eigenvalue weighted by molar-refractivity contribution is 4.76. The molecule has 60 valence electrons. The Kier molecular flexibility index (Phi) is 3.12. The van der Waals surface area contributed by atoms with Crippen molar-refractivity contribution in [2.45, 2.75) is 25.0 Å². The van der Waals surface area contributed by atoms with Gasteiger partial charge in [0.15, 0.2) is 0 Å². The minimum absolute atomic E-state index is 0.0625. The van der Waals surface area contributed by atoms with E-state index >= 15 is 0 Å². The van der Waals surface area contributed by atoms with Gasteiger partial charge >= 0.3 is 0 Å². The summed E-state index contributed by atoms with van der Waals surface area (Å²) in [6.45, 7) is 1.47. The SMILES string of the molecule is COC[C@@H](N)[C@@H]1CCCO1. The van der Waals surface area contributed by atoms with Crippen LogP contribution in [0.4, 0.5) is 0 Å². The van der Waals surface area contributed by atoms with Gasteiger partial charge in [0.1, 0.15) is 0 Å². The molecule has 0 spiro atoms. The van der Waals surface area contributed by atoms with E-state index in [1.165, 1.54) is 0 Å². The van der Waals surface area contributed by atoms with Crippen LogP contribution in [-0.2, 0) is 9.47 Å². The van der Waals surface area contributed by atoms with E-state index in [0.29, 0.717) is 6.61 Å². The van der Waals surface area contributed by atoms with Crippen LogP contribution in [0.5, 0.6) is 0 Å². The molecular weight excluding hydrogens is 130 g/mol. The molecule has 1 aliphatic rings.